The van der Waals surface area contributed by atoms with Gasteiger partial charge in [0.1, 0.15) is 9.23 Å². The maximum atomic E-state index is 12.2. The third-order valence-electron chi connectivity index (χ3n) is 2.98. The molecule has 0 radical (unpaired) electrons. The highest BCUT2D eigenvalue weighted by molar-refractivity contribution is 7.89. The van der Waals surface area contributed by atoms with Crippen LogP contribution in [0.25, 0.3) is 0 Å². The Morgan fingerprint density at radius 1 is 1.50 bits per heavy atom. The first kappa shape index (κ1) is 14.6. The summed E-state index contributed by atoms with van der Waals surface area (Å²) in [5.74, 6) is 0. The SMILES string of the molecule is CC1NCCCC1NS(=O)(=O)c1cc(Cl)sc1Cl. The first-order valence-corrected chi connectivity index (χ1v) is 8.66. The number of halogens is 2. The van der Waals surface area contributed by atoms with Gasteiger partial charge in [0.25, 0.3) is 0 Å². The molecule has 1 fully saturated rings. The fourth-order valence-electron chi connectivity index (χ4n) is 1.98. The molecule has 102 valence electrons. The maximum absolute atomic E-state index is 12.2. The topological polar surface area (TPSA) is 58.2 Å². The Labute approximate surface area is 121 Å². The summed E-state index contributed by atoms with van der Waals surface area (Å²) < 4.78 is 27.7. The number of piperidine rings is 1. The van der Waals surface area contributed by atoms with Gasteiger partial charge in [-0.25, -0.2) is 13.1 Å². The van der Waals surface area contributed by atoms with Crippen molar-refractivity contribution in [2.24, 2.45) is 0 Å². The van der Waals surface area contributed by atoms with Crippen molar-refractivity contribution in [3.05, 3.63) is 14.7 Å². The minimum absolute atomic E-state index is 0.0666. The molecule has 1 aromatic rings. The quantitative estimate of drug-likeness (QED) is 0.896. The minimum Gasteiger partial charge on any atom is -0.313 e. The van der Waals surface area contributed by atoms with Crippen LogP contribution in [-0.4, -0.2) is 27.0 Å². The molecule has 18 heavy (non-hydrogen) atoms. The van der Waals surface area contributed by atoms with Crippen LogP contribution in [-0.2, 0) is 10.0 Å². The van der Waals surface area contributed by atoms with Crippen LogP contribution in [0.15, 0.2) is 11.0 Å². The highest BCUT2D eigenvalue weighted by Crippen LogP contribution is 2.34. The summed E-state index contributed by atoms with van der Waals surface area (Å²) in [7, 11) is -3.60. The first-order chi connectivity index (χ1) is 8.40. The molecule has 2 rings (SSSR count). The average molecular weight is 329 g/mol. The zero-order valence-electron chi connectivity index (χ0n) is 9.74. The zero-order valence-corrected chi connectivity index (χ0v) is 12.9. The molecule has 0 bridgehead atoms. The van der Waals surface area contributed by atoms with Crippen molar-refractivity contribution in [3.8, 4) is 0 Å². The number of nitrogens with one attached hydrogen (secondary N) is 2. The molecule has 8 heteroatoms. The third kappa shape index (κ3) is 3.18. The Balaban J connectivity index is 2.19. The van der Waals surface area contributed by atoms with Gasteiger partial charge in [-0.2, -0.15) is 0 Å². The van der Waals surface area contributed by atoms with Gasteiger partial charge in [-0.05, 0) is 32.4 Å². The second kappa shape index (κ2) is 5.64. The van der Waals surface area contributed by atoms with E-state index < -0.39 is 10.0 Å². The predicted molar refractivity (Wildman–Crippen MR) is 75.1 cm³/mol. The van der Waals surface area contributed by atoms with Crippen LogP contribution < -0.4 is 10.0 Å². The van der Waals surface area contributed by atoms with Crippen molar-refractivity contribution in [1.82, 2.24) is 10.0 Å². The molecule has 1 aliphatic heterocycles. The summed E-state index contributed by atoms with van der Waals surface area (Å²) in [4.78, 5) is 0.0666. The second-order valence-corrected chi connectivity index (χ2v) is 8.27. The minimum atomic E-state index is -3.60. The lowest BCUT2D eigenvalue weighted by Gasteiger charge is -2.30. The molecule has 1 aliphatic rings. The molecule has 2 N–H and O–H groups in total. The van der Waals surface area contributed by atoms with E-state index in [2.05, 4.69) is 10.0 Å². The summed E-state index contributed by atoms with van der Waals surface area (Å²) in [5, 5.41) is 3.24. The van der Waals surface area contributed by atoms with Crippen LogP contribution in [0, 0.1) is 0 Å². The van der Waals surface area contributed by atoms with Crippen LogP contribution in [0.5, 0.6) is 0 Å². The van der Waals surface area contributed by atoms with E-state index in [1.807, 2.05) is 6.92 Å². The van der Waals surface area contributed by atoms with Crippen molar-refractivity contribution in [1.29, 1.82) is 0 Å². The van der Waals surface area contributed by atoms with Crippen LogP contribution in [0.1, 0.15) is 19.8 Å². The number of thiophene rings is 1. The van der Waals surface area contributed by atoms with E-state index >= 15 is 0 Å². The van der Waals surface area contributed by atoms with Gasteiger partial charge in [0, 0.05) is 12.1 Å². The molecule has 0 aliphatic carbocycles. The van der Waals surface area contributed by atoms with E-state index in [4.69, 9.17) is 23.2 Å². The number of rotatable bonds is 3. The summed E-state index contributed by atoms with van der Waals surface area (Å²) in [6.07, 6.45) is 1.78. The monoisotopic (exact) mass is 328 g/mol. The molecule has 2 atom stereocenters. The van der Waals surface area contributed by atoms with Crippen LogP contribution in [0.3, 0.4) is 0 Å². The predicted octanol–water partition coefficient (Wildman–Crippen LogP) is 2.47. The van der Waals surface area contributed by atoms with Crippen LogP contribution in [0.4, 0.5) is 0 Å². The van der Waals surface area contributed by atoms with Gasteiger partial charge >= 0.3 is 0 Å². The zero-order chi connectivity index (χ0) is 13.3. The Morgan fingerprint density at radius 3 is 2.78 bits per heavy atom. The van der Waals surface area contributed by atoms with Crippen molar-refractivity contribution in [3.63, 3.8) is 0 Å². The van der Waals surface area contributed by atoms with E-state index in [-0.39, 0.29) is 21.3 Å². The van der Waals surface area contributed by atoms with Gasteiger partial charge in [-0.15, -0.1) is 11.3 Å². The Morgan fingerprint density at radius 2 is 2.22 bits per heavy atom. The third-order valence-corrected chi connectivity index (χ3v) is 6.23. The first-order valence-electron chi connectivity index (χ1n) is 5.60. The van der Waals surface area contributed by atoms with Crippen molar-refractivity contribution in [2.75, 3.05) is 6.54 Å². The highest BCUT2D eigenvalue weighted by Gasteiger charge is 2.28. The van der Waals surface area contributed by atoms with Crippen molar-refractivity contribution >= 4 is 44.6 Å². The van der Waals surface area contributed by atoms with E-state index in [1.165, 1.54) is 6.07 Å². The summed E-state index contributed by atoms with van der Waals surface area (Å²) in [6, 6.07) is 1.39. The molecule has 1 aromatic heterocycles. The molecule has 2 unspecified atom stereocenters. The molecular formula is C10H14Cl2N2O2S2. The van der Waals surface area contributed by atoms with E-state index in [0.717, 1.165) is 30.7 Å². The van der Waals surface area contributed by atoms with Crippen molar-refractivity contribution in [2.45, 2.75) is 36.7 Å². The summed E-state index contributed by atoms with van der Waals surface area (Å²) in [6.45, 7) is 2.89. The molecular weight excluding hydrogens is 315 g/mol. The van der Waals surface area contributed by atoms with Crippen LogP contribution in [0.2, 0.25) is 8.67 Å². The van der Waals surface area contributed by atoms with E-state index in [9.17, 15) is 8.42 Å². The molecule has 0 aromatic carbocycles. The molecule has 2 heterocycles. The number of sulfonamides is 1. The average Bonchev–Trinajstić information content (AvgIpc) is 2.62. The largest absolute Gasteiger partial charge is 0.313 e. The fraction of sp³-hybridized carbons (Fsp3) is 0.600. The number of hydrogen-bond donors (Lipinski definition) is 2. The lowest BCUT2D eigenvalue weighted by atomic mass is 10.0. The second-order valence-electron chi connectivity index (χ2n) is 4.30. The lowest BCUT2D eigenvalue weighted by Crippen LogP contribution is -2.51. The van der Waals surface area contributed by atoms with Crippen LogP contribution >= 0.6 is 34.5 Å². The smallest absolute Gasteiger partial charge is 0.243 e. The molecule has 0 spiro atoms. The van der Waals surface area contributed by atoms with Gasteiger partial charge in [0.15, 0.2) is 0 Å². The Bertz CT molecular complexity index is 530. The Kier molecular flexibility index (Phi) is 4.57. The maximum Gasteiger partial charge on any atom is 0.243 e. The van der Waals surface area contributed by atoms with Gasteiger partial charge in [0.2, 0.25) is 10.0 Å². The normalized spacial score (nSPS) is 25.3. The van der Waals surface area contributed by atoms with E-state index in [1.54, 1.807) is 0 Å². The van der Waals surface area contributed by atoms with Gasteiger partial charge in [-0.1, -0.05) is 23.2 Å². The Hall–Kier alpha value is 0.150. The molecule has 4 nitrogen and oxygen atoms in total. The molecule has 0 amide bonds. The number of hydrogen-bond acceptors (Lipinski definition) is 4. The summed E-state index contributed by atoms with van der Waals surface area (Å²) >= 11 is 12.7. The van der Waals surface area contributed by atoms with Crippen molar-refractivity contribution < 1.29 is 8.42 Å². The van der Waals surface area contributed by atoms with Gasteiger partial charge in [-0.3, -0.25) is 0 Å². The van der Waals surface area contributed by atoms with Gasteiger partial charge in [0.05, 0.1) is 4.34 Å². The van der Waals surface area contributed by atoms with E-state index in [0.29, 0.717) is 4.34 Å². The van der Waals surface area contributed by atoms with Gasteiger partial charge < -0.3 is 5.32 Å². The molecule has 1 saturated heterocycles. The standard InChI is InChI=1S/C10H14Cl2N2O2S2/c1-6-7(3-2-4-13-6)14-18(15,16)8-5-9(11)17-10(8)12/h5-7,13-14H,2-4H2,1H3. The summed E-state index contributed by atoms with van der Waals surface area (Å²) in [5.41, 5.74) is 0. The fourth-order valence-corrected chi connectivity index (χ4v) is 5.48. The molecule has 0 saturated carbocycles. The lowest BCUT2D eigenvalue weighted by molar-refractivity contribution is 0.349. The highest BCUT2D eigenvalue weighted by atomic mass is 35.5.